The molecule has 92 valence electrons. The zero-order valence-corrected chi connectivity index (χ0v) is 10.6. The Morgan fingerprint density at radius 1 is 1.59 bits per heavy atom. The number of aromatic nitrogens is 1. The summed E-state index contributed by atoms with van der Waals surface area (Å²) in [5.74, 6) is 0.127. The van der Waals surface area contributed by atoms with Gasteiger partial charge in [0.1, 0.15) is 0 Å². The van der Waals surface area contributed by atoms with Crippen LogP contribution in [-0.4, -0.2) is 31.2 Å². The van der Waals surface area contributed by atoms with Crippen LogP contribution in [0.25, 0.3) is 0 Å². The highest BCUT2D eigenvalue weighted by molar-refractivity contribution is 5.98. The maximum Gasteiger partial charge on any atom is 0.237 e. The highest BCUT2D eigenvalue weighted by Crippen LogP contribution is 2.34. The second-order valence-corrected chi connectivity index (χ2v) is 4.60. The van der Waals surface area contributed by atoms with Crippen molar-refractivity contribution in [2.24, 2.45) is 5.41 Å². The van der Waals surface area contributed by atoms with Gasteiger partial charge in [-0.05, 0) is 25.5 Å². The molecule has 1 saturated heterocycles. The van der Waals surface area contributed by atoms with Gasteiger partial charge in [0.05, 0.1) is 30.0 Å². The summed E-state index contributed by atoms with van der Waals surface area (Å²) in [6.45, 7) is 5.01. The van der Waals surface area contributed by atoms with Gasteiger partial charge in [-0.2, -0.15) is 0 Å². The van der Waals surface area contributed by atoms with Crippen LogP contribution in [-0.2, 0) is 9.53 Å². The lowest BCUT2D eigenvalue weighted by atomic mass is 9.81. The fraction of sp³-hybridized carbons (Fsp3) is 0.538. The van der Waals surface area contributed by atoms with Gasteiger partial charge in [-0.15, -0.1) is 0 Å². The molecule has 4 nitrogen and oxygen atoms in total. The summed E-state index contributed by atoms with van der Waals surface area (Å²) >= 11 is 0. The third kappa shape index (κ3) is 1.93. The number of hydrogen-bond acceptors (Lipinski definition) is 3. The Bertz CT molecular complexity index is 422. The molecule has 2 heterocycles. The number of hydrogen-bond donors (Lipinski definition) is 0. The molecule has 4 heteroatoms. The van der Waals surface area contributed by atoms with E-state index in [9.17, 15) is 4.79 Å². The Morgan fingerprint density at radius 2 is 2.29 bits per heavy atom. The second-order valence-electron chi connectivity index (χ2n) is 4.60. The molecule has 0 radical (unpaired) electrons. The van der Waals surface area contributed by atoms with E-state index < -0.39 is 0 Å². The van der Waals surface area contributed by atoms with E-state index in [1.807, 2.05) is 33.0 Å². The first-order valence-corrected chi connectivity index (χ1v) is 5.88. The van der Waals surface area contributed by atoms with Gasteiger partial charge in [0, 0.05) is 13.2 Å². The molecule has 1 aliphatic rings. The van der Waals surface area contributed by atoms with Gasteiger partial charge in [-0.25, -0.2) is 0 Å². The van der Waals surface area contributed by atoms with Crippen molar-refractivity contribution in [1.29, 1.82) is 0 Å². The molecule has 0 aliphatic carbocycles. The van der Waals surface area contributed by atoms with E-state index in [2.05, 4.69) is 4.98 Å². The molecule has 1 fully saturated rings. The molecule has 2 rings (SSSR count). The Labute approximate surface area is 102 Å². The van der Waals surface area contributed by atoms with E-state index in [1.165, 1.54) is 0 Å². The SMILES string of the molecule is CCC1(C(=O)N(C)c2cccnc2C)COC1. The maximum atomic E-state index is 12.4. The van der Waals surface area contributed by atoms with Crippen LogP contribution in [0.15, 0.2) is 18.3 Å². The number of carbonyl (C=O) groups is 1. The molecule has 0 bridgehead atoms. The van der Waals surface area contributed by atoms with Crippen molar-refractivity contribution in [3.8, 4) is 0 Å². The van der Waals surface area contributed by atoms with Crippen LogP contribution in [0.4, 0.5) is 5.69 Å². The number of nitrogens with zero attached hydrogens (tertiary/aromatic N) is 2. The Hall–Kier alpha value is -1.42. The molecule has 17 heavy (non-hydrogen) atoms. The number of amides is 1. The van der Waals surface area contributed by atoms with Crippen LogP contribution in [0.1, 0.15) is 19.0 Å². The first kappa shape index (κ1) is 12.0. The Balaban J connectivity index is 2.23. The van der Waals surface area contributed by atoms with Crippen LogP contribution in [0.3, 0.4) is 0 Å². The predicted molar refractivity (Wildman–Crippen MR) is 65.9 cm³/mol. The molecule has 1 aromatic heterocycles. The lowest BCUT2D eigenvalue weighted by molar-refractivity contribution is -0.159. The maximum absolute atomic E-state index is 12.4. The van der Waals surface area contributed by atoms with Crippen LogP contribution in [0, 0.1) is 12.3 Å². The molecular formula is C13H18N2O2. The Kier molecular flexibility index (Phi) is 3.15. The third-order valence-electron chi connectivity index (χ3n) is 3.53. The third-order valence-corrected chi connectivity index (χ3v) is 3.53. The van der Waals surface area contributed by atoms with Gasteiger partial charge in [-0.3, -0.25) is 9.78 Å². The number of pyridine rings is 1. The minimum Gasteiger partial charge on any atom is -0.379 e. The number of carbonyl (C=O) groups excluding carboxylic acids is 1. The largest absolute Gasteiger partial charge is 0.379 e. The number of anilines is 1. The lowest BCUT2D eigenvalue weighted by Gasteiger charge is -2.41. The van der Waals surface area contributed by atoms with E-state index in [4.69, 9.17) is 4.74 Å². The summed E-state index contributed by atoms with van der Waals surface area (Å²) in [6, 6.07) is 3.77. The number of rotatable bonds is 3. The first-order valence-electron chi connectivity index (χ1n) is 5.88. The van der Waals surface area contributed by atoms with E-state index >= 15 is 0 Å². The van der Waals surface area contributed by atoms with Crippen molar-refractivity contribution < 1.29 is 9.53 Å². The highest BCUT2D eigenvalue weighted by atomic mass is 16.5. The smallest absolute Gasteiger partial charge is 0.237 e. The Morgan fingerprint density at radius 3 is 2.76 bits per heavy atom. The van der Waals surface area contributed by atoms with Crippen molar-refractivity contribution in [1.82, 2.24) is 4.98 Å². The second kappa shape index (κ2) is 4.45. The topological polar surface area (TPSA) is 42.4 Å². The average Bonchev–Trinajstić information content (AvgIpc) is 2.28. The molecule has 0 aromatic carbocycles. The van der Waals surface area contributed by atoms with Gasteiger partial charge < -0.3 is 9.64 Å². The molecule has 1 aliphatic heterocycles. The first-order chi connectivity index (χ1) is 8.10. The van der Waals surface area contributed by atoms with E-state index in [1.54, 1.807) is 11.1 Å². The fourth-order valence-corrected chi connectivity index (χ4v) is 2.12. The van der Waals surface area contributed by atoms with Crippen LogP contribution in [0.2, 0.25) is 0 Å². The average molecular weight is 234 g/mol. The molecular weight excluding hydrogens is 216 g/mol. The molecule has 1 aromatic rings. The van der Waals surface area contributed by atoms with E-state index in [-0.39, 0.29) is 11.3 Å². The van der Waals surface area contributed by atoms with E-state index in [0.29, 0.717) is 13.2 Å². The summed E-state index contributed by atoms with van der Waals surface area (Å²) in [7, 11) is 1.81. The minimum atomic E-state index is -0.322. The molecule has 0 unspecified atom stereocenters. The summed E-state index contributed by atoms with van der Waals surface area (Å²) in [5.41, 5.74) is 1.42. The van der Waals surface area contributed by atoms with Gasteiger partial charge in [-0.1, -0.05) is 6.92 Å². The number of aryl methyl sites for hydroxylation is 1. The summed E-state index contributed by atoms with van der Waals surface area (Å²) < 4.78 is 5.20. The highest BCUT2D eigenvalue weighted by Gasteiger charge is 2.46. The molecule has 0 saturated carbocycles. The summed E-state index contributed by atoms with van der Waals surface area (Å²) in [6.07, 6.45) is 2.55. The lowest BCUT2D eigenvalue weighted by Crippen LogP contribution is -2.54. The van der Waals surface area contributed by atoms with Crippen molar-refractivity contribution in [2.45, 2.75) is 20.3 Å². The molecule has 1 amide bonds. The zero-order chi connectivity index (χ0) is 12.5. The monoisotopic (exact) mass is 234 g/mol. The summed E-state index contributed by atoms with van der Waals surface area (Å²) in [5, 5.41) is 0. The van der Waals surface area contributed by atoms with Crippen molar-refractivity contribution in [3.05, 3.63) is 24.0 Å². The standard InChI is InChI=1S/C13H18N2O2/c1-4-13(8-17-9-13)12(16)15(3)11-6-5-7-14-10(11)2/h5-7H,4,8-9H2,1-3H3. The van der Waals surface area contributed by atoms with Crippen molar-refractivity contribution in [3.63, 3.8) is 0 Å². The molecule has 0 spiro atoms. The van der Waals surface area contributed by atoms with Gasteiger partial charge in [0.15, 0.2) is 0 Å². The quantitative estimate of drug-likeness (QED) is 0.800. The predicted octanol–water partition coefficient (Wildman–Crippen LogP) is 1.78. The van der Waals surface area contributed by atoms with E-state index in [0.717, 1.165) is 17.8 Å². The van der Waals surface area contributed by atoms with Crippen LogP contribution >= 0.6 is 0 Å². The normalized spacial score (nSPS) is 17.4. The van der Waals surface area contributed by atoms with Gasteiger partial charge >= 0.3 is 0 Å². The molecule has 0 atom stereocenters. The van der Waals surface area contributed by atoms with Gasteiger partial charge in [0.2, 0.25) is 5.91 Å². The fourth-order valence-electron chi connectivity index (χ4n) is 2.12. The zero-order valence-electron chi connectivity index (χ0n) is 10.6. The van der Waals surface area contributed by atoms with Crippen LogP contribution < -0.4 is 4.90 Å². The summed E-state index contributed by atoms with van der Waals surface area (Å²) in [4.78, 5) is 18.4. The van der Waals surface area contributed by atoms with Crippen molar-refractivity contribution in [2.75, 3.05) is 25.2 Å². The number of ether oxygens (including phenoxy) is 1. The van der Waals surface area contributed by atoms with Gasteiger partial charge in [0.25, 0.3) is 0 Å². The minimum absolute atomic E-state index is 0.127. The molecule has 0 N–H and O–H groups in total. The van der Waals surface area contributed by atoms with Crippen molar-refractivity contribution >= 4 is 11.6 Å². The van der Waals surface area contributed by atoms with Crippen LogP contribution in [0.5, 0.6) is 0 Å².